The van der Waals surface area contributed by atoms with Crippen molar-refractivity contribution in [1.82, 2.24) is 10.1 Å². The fraction of sp³-hybridized carbons (Fsp3) is 0.538. The predicted octanol–water partition coefficient (Wildman–Crippen LogP) is 3.21. The van der Waals surface area contributed by atoms with Crippen molar-refractivity contribution in [3.8, 4) is 11.4 Å². The van der Waals surface area contributed by atoms with Crippen LogP contribution in [-0.2, 0) is 0 Å². The van der Waals surface area contributed by atoms with Crippen LogP contribution in [0.25, 0.3) is 11.4 Å². The Morgan fingerprint density at radius 2 is 2.17 bits per heavy atom. The molecule has 0 aliphatic heterocycles. The van der Waals surface area contributed by atoms with Gasteiger partial charge in [0.2, 0.25) is 11.7 Å². The number of rotatable bonds is 2. The van der Waals surface area contributed by atoms with E-state index >= 15 is 0 Å². The molecule has 2 aromatic rings. The summed E-state index contributed by atoms with van der Waals surface area (Å²) in [4.78, 5) is 4.44. The molecular formula is C13H16N2O2S. The Bertz CT molecular complexity index is 495. The summed E-state index contributed by atoms with van der Waals surface area (Å²) in [6.07, 6.45) is 4.82. The lowest BCUT2D eigenvalue weighted by atomic mass is 9.97. The summed E-state index contributed by atoms with van der Waals surface area (Å²) in [5.74, 6) is 1.22. The molecule has 2 heterocycles. The summed E-state index contributed by atoms with van der Waals surface area (Å²) >= 11 is 1.61. The van der Waals surface area contributed by atoms with E-state index in [2.05, 4.69) is 10.1 Å². The number of hydrogen-bond acceptors (Lipinski definition) is 5. The Balaban J connectivity index is 1.83. The molecule has 18 heavy (non-hydrogen) atoms. The summed E-state index contributed by atoms with van der Waals surface area (Å²) in [6.45, 7) is 0. The van der Waals surface area contributed by atoms with E-state index < -0.39 is 0 Å². The zero-order chi connectivity index (χ0) is 12.4. The second-order valence-electron chi connectivity index (χ2n) is 4.78. The van der Waals surface area contributed by atoms with Crippen LogP contribution in [0.2, 0.25) is 0 Å². The monoisotopic (exact) mass is 264 g/mol. The molecule has 2 aromatic heterocycles. The van der Waals surface area contributed by atoms with Gasteiger partial charge < -0.3 is 9.63 Å². The lowest BCUT2D eigenvalue weighted by Gasteiger charge is -2.15. The summed E-state index contributed by atoms with van der Waals surface area (Å²) in [7, 11) is 0. The third-order valence-corrected chi connectivity index (χ3v) is 4.20. The van der Waals surface area contributed by atoms with Gasteiger partial charge in [-0.05, 0) is 24.3 Å². The molecule has 0 bridgehead atoms. The van der Waals surface area contributed by atoms with Gasteiger partial charge in [-0.25, -0.2) is 0 Å². The third-order valence-electron chi connectivity index (χ3n) is 3.52. The number of aliphatic hydroxyl groups excluding tert-OH is 1. The second kappa shape index (κ2) is 5.20. The molecule has 0 amide bonds. The zero-order valence-electron chi connectivity index (χ0n) is 10.1. The highest BCUT2D eigenvalue weighted by molar-refractivity contribution is 7.08. The van der Waals surface area contributed by atoms with Gasteiger partial charge in [0.05, 0.1) is 12.0 Å². The first-order chi connectivity index (χ1) is 8.84. The number of aliphatic hydroxyl groups is 1. The zero-order valence-corrected chi connectivity index (χ0v) is 10.9. The van der Waals surface area contributed by atoms with E-state index in [0.717, 1.165) is 31.2 Å². The van der Waals surface area contributed by atoms with Gasteiger partial charge in [0.25, 0.3) is 0 Å². The molecule has 1 saturated carbocycles. The van der Waals surface area contributed by atoms with Crippen molar-refractivity contribution in [2.75, 3.05) is 0 Å². The molecule has 1 aliphatic rings. The SMILES string of the molecule is OC1CCCCCC1c1nc(-c2ccsc2)no1. The van der Waals surface area contributed by atoms with E-state index in [1.807, 2.05) is 16.8 Å². The van der Waals surface area contributed by atoms with E-state index in [1.54, 1.807) is 11.3 Å². The van der Waals surface area contributed by atoms with Crippen LogP contribution in [0.4, 0.5) is 0 Å². The second-order valence-corrected chi connectivity index (χ2v) is 5.56. The van der Waals surface area contributed by atoms with Crippen molar-refractivity contribution < 1.29 is 9.63 Å². The first-order valence-corrected chi connectivity index (χ1v) is 7.33. The summed E-state index contributed by atoms with van der Waals surface area (Å²) in [5.41, 5.74) is 0.984. The average molecular weight is 264 g/mol. The highest BCUT2D eigenvalue weighted by Crippen LogP contribution is 2.32. The number of hydrogen-bond donors (Lipinski definition) is 1. The largest absolute Gasteiger partial charge is 0.392 e. The topological polar surface area (TPSA) is 59.2 Å². The number of thiophene rings is 1. The Morgan fingerprint density at radius 1 is 1.28 bits per heavy atom. The molecule has 5 heteroatoms. The minimum Gasteiger partial charge on any atom is -0.392 e. The van der Waals surface area contributed by atoms with Crippen molar-refractivity contribution in [2.24, 2.45) is 0 Å². The smallest absolute Gasteiger partial charge is 0.232 e. The summed E-state index contributed by atoms with van der Waals surface area (Å²) < 4.78 is 5.34. The molecule has 0 spiro atoms. The highest BCUT2D eigenvalue weighted by atomic mass is 32.1. The van der Waals surface area contributed by atoms with Crippen LogP contribution in [-0.4, -0.2) is 21.4 Å². The van der Waals surface area contributed by atoms with Gasteiger partial charge in [0.15, 0.2) is 0 Å². The van der Waals surface area contributed by atoms with Crippen molar-refractivity contribution >= 4 is 11.3 Å². The maximum Gasteiger partial charge on any atom is 0.232 e. The van der Waals surface area contributed by atoms with Crippen LogP contribution in [0.3, 0.4) is 0 Å². The first-order valence-electron chi connectivity index (χ1n) is 6.39. The lowest BCUT2D eigenvalue weighted by Crippen LogP contribution is -2.17. The van der Waals surface area contributed by atoms with Crippen molar-refractivity contribution in [3.05, 3.63) is 22.7 Å². The van der Waals surface area contributed by atoms with Gasteiger partial charge >= 0.3 is 0 Å². The molecule has 1 aliphatic carbocycles. The molecule has 0 radical (unpaired) electrons. The molecule has 3 rings (SSSR count). The van der Waals surface area contributed by atoms with Gasteiger partial charge in [0.1, 0.15) is 0 Å². The van der Waals surface area contributed by atoms with Crippen LogP contribution in [0, 0.1) is 0 Å². The standard InChI is InChI=1S/C13H16N2O2S/c16-11-5-3-1-2-4-10(11)13-14-12(15-17-13)9-6-7-18-8-9/h6-8,10-11,16H,1-5H2. The van der Waals surface area contributed by atoms with Gasteiger partial charge in [-0.2, -0.15) is 16.3 Å². The number of aromatic nitrogens is 2. The normalized spacial score (nSPS) is 24.9. The molecule has 2 unspecified atom stereocenters. The quantitative estimate of drug-likeness (QED) is 0.846. The van der Waals surface area contributed by atoms with Crippen LogP contribution >= 0.6 is 11.3 Å². The Kier molecular flexibility index (Phi) is 3.43. The molecule has 0 saturated heterocycles. The molecule has 1 fully saturated rings. The molecule has 2 atom stereocenters. The average Bonchev–Trinajstić information content (AvgIpc) is 3.00. The van der Waals surface area contributed by atoms with Crippen LogP contribution in [0.15, 0.2) is 21.3 Å². The van der Waals surface area contributed by atoms with Crippen LogP contribution < -0.4 is 0 Å². The van der Waals surface area contributed by atoms with E-state index in [1.165, 1.54) is 6.42 Å². The van der Waals surface area contributed by atoms with Gasteiger partial charge in [-0.1, -0.05) is 24.4 Å². The van der Waals surface area contributed by atoms with Gasteiger partial charge in [-0.3, -0.25) is 0 Å². The van der Waals surface area contributed by atoms with Crippen molar-refractivity contribution in [1.29, 1.82) is 0 Å². The minimum atomic E-state index is -0.344. The van der Waals surface area contributed by atoms with E-state index in [9.17, 15) is 5.11 Å². The molecule has 4 nitrogen and oxygen atoms in total. The molecule has 1 N–H and O–H groups in total. The predicted molar refractivity (Wildman–Crippen MR) is 69.4 cm³/mol. The van der Waals surface area contributed by atoms with E-state index in [0.29, 0.717) is 11.7 Å². The lowest BCUT2D eigenvalue weighted by molar-refractivity contribution is 0.119. The van der Waals surface area contributed by atoms with Crippen molar-refractivity contribution in [3.63, 3.8) is 0 Å². The molecule has 96 valence electrons. The molecule has 0 aromatic carbocycles. The molecular weight excluding hydrogens is 248 g/mol. The third kappa shape index (κ3) is 2.33. The van der Waals surface area contributed by atoms with Crippen LogP contribution in [0.5, 0.6) is 0 Å². The van der Waals surface area contributed by atoms with Gasteiger partial charge in [-0.15, -0.1) is 0 Å². The van der Waals surface area contributed by atoms with Crippen molar-refractivity contribution in [2.45, 2.75) is 44.1 Å². The van der Waals surface area contributed by atoms with E-state index in [-0.39, 0.29) is 12.0 Å². The van der Waals surface area contributed by atoms with E-state index in [4.69, 9.17) is 4.52 Å². The van der Waals surface area contributed by atoms with Crippen LogP contribution in [0.1, 0.15) is 43.9 Å². The minimum absolute atomic E-state index is 0.00684. The highest BCUT2D eigenvalue weighted by Gasteiger charge is 2.28. The Labute approximate surface area is 110 Å². The fourth-order valence-electron chi connectivity index (χ4n) is 2.47. The summed E-state index contributed by atoms with van der Waals surface area (Å²) in [6, 6.07) is 1.98. The maximum absolute atomic E-state index is 10.1. The number of nitrogens with zero attached hydrogens (tertiary/aromatic N) is 2. The first kappa shape index (κ1) is 11.9. The Morgan fingerprint density at radius 3 is 3.00 bits per heavy atom. The maximum atomic E-state index is 10.1. The van der Waals surface area contributed by atoms with Gasteiger partial charge in [0, 0.05) is 10.9 Å². The summed E-state index contributed by atoms with van der Waals surface area (Å²) in [5, 5.41) is 18.1. The fourth-order valence-corrected chi connectivity index (χ4v) is 3.11. The Hall–Kier alpha value is -1.20.